The molecule has 0 radical (unpaired) electrons. The molecule has 8 nitrogen and oxygen atoms in total. The Morgan fingerprint density at radius 1 is 1.22 bits per heavy atom. The van der Waals surface area contributed by atoms with Crippen LogP contribution < -0.4 is 10.6 Å². The average molecular weight is 385 g/mol. The van der Waals surface area contributed by atoms with E-state index in [-0.39, 0.29) is 17.6 Å². The molecule has 2 aromatic heterocycles. The first kappa shape index (κ1) is 18.7. The number of carbonyl (C=O) groups excluding carboxylic acids is 2. The molecule has 0 unspecified atom stereocenters. The van der Waals surface area contributed by atoms with Crippen LogP contribution in [0.2, 0.25) is 0 Å². The maximum absolute atomic E-state index is 12.1. The highest BCUT2D eigenvalue weighted by molar-refractivity contribution is 7.99. The van der Waals surface area contributed by atoms with Gasteiger partial charge in [0.2, 0.25) is 11.8 Å². The normalized spacial score (nSPS) is 10.6. The first-order chi connectivity index (χ1) is 13.0. The van der Waals surface area contributed by atoms with Crippen LogP contribution in [0.15, 0.2) is 52.2 Å². The summed E-state index contributed by atoms with van der Waals surface area (Å²) in [5, 5.41) is 14.4. The zero-order chi connectivity index (χ0) is 19.2. The van der Waals surface area contributed by atoms with E-state index in [1.54, 1.807) is 24.5 Å². The molecule has 2 amide bonds. The van der Waals surface area contributed by atoms with Gasteiger partial charge in [0.1, 0.15) is 11.6 Å². The quantitative estimate of drug-likeness (QED) is 0.606. The topological polar surface area (TPSA) is 102 Å². The fourth-order valence-electron chi connectivity index (χ4n) is 2.44. The van der Waals surface area contributed by atoms with Crippen LogP contribution in [-0.2, 0) is 16.1 Å². The number of hydrogen-bond donors (Lipinski definition) is 2. The predicted octanol–water partition coefficient (Wildman–Crippen LogP) is 2.54. The molecule has 0 atom stereocenters. The van der Waals surface area contributed by atoms with Gasteiger partial charge in [-0.3, -0.25) is 14.2 Å². The highest BCUT2D eigenvalue weighted by atomic mass is 32.2. The first-order valence-electron chi connectivity index (χ1n) is 8.25. The average Bonchev–Trinajstić information content (AvgIpc) is 3.27. The molecule has 2 heterocycles. The van der Waals surface area contributed by atoms with Crippen LogP contribution in [0.3, 0.4) is 0 Å². The second kappa shape index (κ2) is 8.54. The van der Waals surface area contributed by atoms with E-state index in [4.69, 9.17) is 4.42 Å². The van der Waals surface area contributed by atoms with Crippen LogP contribution in [0.4, 0.5) is 5.69 Å². The number of nitrogens with zero attached hydrogens (tertiary/aromatic N) is 3. The summed E-state index contributed by atoms with van der Waals surface area (Å²) in [6.07, 6.45) is 1.57. The van der Waals surface area contributed by atoms with Crippen molar-refractivity contribution in [3.8, 4) is 5.69 Å². The third kappa shape index (κ3) is 4.98. The van der Waals surface area contributed by atoms with Crippen LogP contribution in [-0.4, -0.2) is 32.3 Å². The Labute approximate surface area is 160 Å². The number of rotatable bonds is 7. The van der Waals surface area contributed by atoms with Gasteiger partial charge < -0.3 is 15.1 Å². The molecule has 0 saturated carbocycles. The zero-order valence-corrected chi connectivity index (χ0v) is 15.7. The van der Waals surface area contributed by atoms with E-state index >= 15 is 0 Å². The molecule has 1 aromatic carbocycles. The molecule has 140 valence electrons. The van der Waals surface area contributed by atoms with E-state index in [0.717, 1.165) is 5.69 Å². The summed E-state index contributed by atoms with van der Waals surface area (Å²) in [6, 6.07) is 10.9. The largest absolute Gasteiger partial charge is 0.467 e. The van der Waals surface area contributed by atoms with Crippen molar-refractivity contribution in [1.82, 2.24) is 20.1 Å². The molecular weight excluding hydrogens is 366 g/mol. The summed E-state index contributed by atoms with van der Waals surface area (Å²) < 4.78 is 7.03. The van der Waals surface area contributed by atoms with Gasteiger partial charge in [-0.2, -0.15) is 0 Å². The lowest BCUT2D eigenvalue weighted by Gasteiger charge is -2.10. The molecule has 2 N–H and O–H groups in total. The summed E-state index contributed by atoms with van der Waals surface area (Å²) in [4.78, 5) is 23.3. The lowest BCUT2D eigenvalue weighted by molar-refractivity contribution is -0.118. The number of nitrogens with one attached hydrogen (secondary N) is 2. The Hall–Kier alpha value is -3.07. The van der Waals surface area contributed by atoms with Gasteiger partial charge in [-0.15, -0.1) is 10.2 Å². The zero-order valence-electron chi connectivity index (χ0n) is 14.9. The number of aryl methyl sites for hydroxylation is 1. The van der Waals surface area contributed by atoms with E-state index in [1.165, 1.54) is 18.7 Å². The minimum Gasteiger partial charge on any atom is -0.467 e. The highest BCUT2D eigenvalue weighted by Crippen LogP contribution is 2.23. The van der Waals surface area contributed by atoms with Crippen molar-refractivity contribution in [3.63, 3.8) is 0 Å². The van der Waals surface area contributed by atoms with Gasteiger partial charge >= 0.3 is 0 Å². The number of amides is 2. The molecule has 0 aliphatic heterocycles. The number of hydrogen-bond acceptors (Lipinski definition) is 6. The first-order valence-corrected chi connectivity index (χ1v) is 9.23. The highest BCUT2D eigenvalue weighted by Gasteiger charge is 2.14. The molecule has 9 heteroatoms. The Balaban J connectivity index is 1.67. The fraction of sp³-hybridized carbons (Fsp3) is 0.222. The molecular formula is C18H19N5O3S. The Bertz CT molecular complexity index is 936. The van der Waals surface area contributed by atoms with Gasteiger partial charge in [0.05, 0.1) is 24.2 Å². The monoisotopic (exact) mass is 385 g/mol. The van der Waals surface area contributed by atoms with Crippen LogP contribution in [0, 0.1) is 6.92 Å². The van der Waals surface area contributed by atoms with Crippen LogP contribution >= 0.6 is 11.8 Å². The molecule has 0 aliphatic carbocycles. The predicted molar refractivity (Wildman–Crippen MR) is 102 cm³/mol. The molecule has 0 fully saturated rings. The van der Waals surface area contributed by atoms with E-state index in [9.17, 15) is 9.59 Å². The van der Waals surface area contributed by atoms with Gasteiger partial charge in [0.15, 0.2) is 5.16 Å². The summed E-state index contributed by atoms with van der Waals surface area (Å²) >= 11 is 1.29. The SMILES string of the molecule is CC(=O)Nc1cccc(-n2c(C)nnc2SCC(=O)NCc2ccco2)c1. The number of aromatic nitrogens is 3. The second-order valence-electron chi connectivity index (χ2n) is 5.74. The summed E-state index contributed by atoms with van der Waals surface area (Å²) in [7, 11) is 0. The molecule has 0 aliphatic rings. The van der Waals surface area contributed by atoms with Gasteiger partial charge in [-0.05, 0) is 37.3 Å². The number of furan rings is 1. The van der Waals surface area contributed by atoms with Crippen molar-refractivity contribution < 1.29 is 14.0 Å². The van der Waals surface area contributed by atoms with Crippen molar-refractivity contribution in [2.45, 2.75) is 25.5 Å². The van der Waals surface area contributed by atoms with Crippen LogP contribution in [0.1, 0.15) is 18.5 Å². The third-order valence-corrected chi connectivity index (χ3v) is 4.52. The molecule has 0 saturated heterocycles. The summed E-state index contributed by atoms with van der Waals surface area (Å²) in [5.74, 6) is 1.31. The van der Waals surface area contributed by atoms with Crippen molar-refractivity contribution in [1.29, 1.82) is 0 Å². The molecule has 0 spiro atoms. The number of anilines is 1. The maximum Gasteiger partial charge on any atom is 0.230 e. The summed E-state index contributed by atoms with van der Waals surface area (Å²) in [5.41, 5.74) is 1.49. The van der Waals surface area contributed by atoms with Crippen molar-refractivity contribution in [2.75, 3.05) is 11.1 Å². The van der Waals surface area contributed by atoms with Crippen molar-refractivity contribution >= 4 is 29.3 Å². The molecule has 3 rings (SSSR count). The van der Waals surface area contributed by atoms with Crippen LogP contribution in [0.5, 0.6) is 0 Å². The van der Waals surface area contributed by atoms with Crippen molar-refractivity contribution in [2.24, 2.45) is 0 Å². The minimum atomic E-state index is -0.143. The van der Waals surface area contributed by atoms with Crippen molar-refractivity contribution in [3.05, 3.63) is 54.2 Å². The second-order valence-corrected chi connectivity index (χ2v) is 6.68. The molecule has 27 heavy (non-hydrogen) atoms. The van der Waals surface area contributed by atoms with E-state index < -0.39 is 0 Å². The standard InChI is InChI=1S/C18H19N5O3S/c1-12-21-22-18(27-11-17(25)19-10-16-7-4-8-26-16)23(12)15-6-3-5-14(9-15)20-13(2)24/h3-9H,10-11H2,1-2H3,(H,19,25)(H,20,24). The van der Waals surface area contributed by atoms with E-state index in [2.05, 4.69) is 20.8 Å². The van der Waals surface area contributed by atoms with Gasteiger partial charge in [-0.1, -0.05) is 17.8 Å². The number of carbonyl (C=O) groups is 2. The lowest BCUT2D eigenvalue weighted by Crippen LogP contribution is -2.24. The van der Waals surface area contributed by atoms with E-state index in [1.807, 2.05) is 29.7 Å². The smallest absolute Gasteiger partial charge is 0.230 e. The maximum atomic E-state index is 12.1. The Kier molecular flexibility index (Phi) is 5.92. The number of benzene rings is 1. The molecule has 3 aromatic rings. The minimum absolute atomic E-state index is 0.129. The van der Waals surface area contributed by atoms with Gasteiger partial charge in [0.25, 0.3) is 0 Å². The van der Waals surface area contributed by atoms with E-state index in [0.29, 0.717) is 29.0 Å². The van der Waals surface area contributed by atoms with Crippen LogP contribution in [0.25, 0.3) is 5.69 Å². The fourth-order valence-corrected chi connectivity index (χ4v) is 3.27. The lowest BCUT2D eigenvalue weighted by atomic mass is 10.2. The Morgan fingerprint density at radius 3 is 2.81 bits per heavy atom. The summed E-state index contributed by atoms with van der Waals surface area (Å²) in [6.45, 7) is 3.63. The Morgan fingerprint density at radius 2 is 2.07 bits per heavy atom. The van der Waals surface area contributed by atoms with Gasteiger partial charge in [-0.25, -0.2) is 0 Å². The molecule has 0 bridgehead atoms. The third-order valence-electron chi connectivity index (χ3n) is 3.59. The van der Waals surface area contributed by atoms with Gasteiger partial charge in [0, 0.05) is 12.6 Å². The number of thioether (sulfide) groups is 1.